The SMILES string of the molecule is CC(C)CCCC(C)NC(=O)COC(=O)C(CO)NS(=O)(=O)c1ccc(Br)cc1. The molecular weight excluding hydrogens is 464 g/mol. The van der Waals surface area contributed by atoms with E-state index in [-0.39, 0.29) is 10.9 Å². The van der Waals surface area contributed by atoms with Gasteiger partial charge in [-0.15, -0.1) is 0 Å². The van der Waals surface area contributed by atoms with E-state index in [1.807, 2.05) is 6.92 Å². The second kappa shape index (κ2) is 12.3. The number of rotatable bonds is 12. The monoisotopic (exact) mass is 492 g/mol. The van der Waals surface area contributed by atoms with Gasteiger partial charge < -0.3 is 15.2 Å². The van der Waals surface area contributed by atoms with Gasteiger partial charge in [-0.25, -0.2) is 8.42 Å². The van der Waals surface area contributed by atoms with Crippen molar-refractivity contribution < 1.29 is 27.9 Å². The summed E-state index contributed by atoms with van der Waals surface area (Å²) >= 11 is 3.20. The van der Waals surface area contributed by atoms with Gasteiger partial charge in [-0.3, -0.25) is 9.59 Å². The van der Waals surface area contributed by atoms with Crippen LogP contribution in [0.1, 0.15) is 40.0 Å². The highest BCUT2D eigenvalue weighted by molar-refractivity contribution is 9.10. The molecular formula is C19H29BrN2O6S. The number of aliphatic hydroxyl groups is 1. The molecule has 0 heterocycles. The first-order chi connectivity index (χ1) is 13.5. The summed E-state index contributed by atoms with van der Waals surface area (Å²) in [6.07, 6.45) is 2.85. The van der Waals surface area contributed by atoms with Crippen LogP contribution in [0, 0.1) is 5.92 Å². The largest absolute Gasteiger partial charge is 0.454 e. The summed E-state index contributed by atoms with van der Waals surface area (Å²) in [6.45, 7) is 4.77. The van der Waals surface area contributed by atoms with Crippen LogP contribution in [-0.4, -0.2) is 50.7 Å². The van der Waals surface area contributed by atoms with Crippen molar-refractivity contribution in [3.8, 4) is 0 Å². The first kappa shape index (κ1) is 25.5. The Hall–Kier alpha value is -1.49. The molecule has 2 atom stereocenters. The molecule has 0 saturated heterocycles. The van der Waals surface area contributed by atoms with Gasteiger partial charge in [0.25, 0.3) is 5.91 Å². The van der Waals surface area contributed by atoms with Gasteiger partial charge >= 0.3 is 5.97 Å². The quantitative estimate of drug-likeness (QED) is 0.383. The third-order valence-corrected chi connectivity index (χ3v) is 6.08. The van der Waals surface area contributed by atoms with E-state index in [0.29, 0.717) is 10.4 Å². The van der Waals surface area contributed by atoms with Gasteiger partial charge in [-0.1, -0.05) is 42.6 Å². The highest BCUT2D eigenvalue weighted by Gasteiger charge is 2.27. The average Bonchev–Trinajstić information content (AvgIpc) is 2.64. The Balaban J connectivity index is 2.52. The summed E-state index contributed by atoms with van der Waals surface area (Å²) in [5.74, 6) is -0.922. The zero-order valence-corrected chi connectivity index (χ0v) is 19.3. The first-order valence-electron chi connectivity index (χ1n) is 9.40. The highest BCUT2D eigenvalue weighted by Crippen LogP contribution is 2.15. The van der Waals surface area contributed by atoms with Crippen LogP contribution in [0.3, 0.4) is 0 Å². The maximum atomic E-state index is 12.3. The molecule has 0 aromatic heterocycles. The van der Waals surface area contributed by atoms with Crippen molar-refractivity contribution in [3.63, 3.8) is 0 Å². The van der Waals surface area contributed by atoms with Crippen molar-refractivity contribution in [2.45, 2.75) is 57.0 Å². The lowest BCUT2D eigenvalue weighted by atomic mass is 10.0. The Labute approximate surface area is 180 Å². The zero-order valence-electron chi connectivity index (χ0n) is 16.9. The third-order valence-electron chi connectivity index (χ3n) is 4.06. The van der Waals surface area contributed by atoms with E-state index in [1.165, 1.54) is 24.3 Å². The van der Waals surface area contributed by atoms with Gasteiger partial charge in [0.2, 0.25) is 10.0 Å². The molecule has 0 radical (unpaired) electrons. The second-order valence-electron chi connectivity index (χ2n) is 7.21. The van der Waals surface area contributed by atoms with Crippen LogP contribution < -0.4 is 10.0 Å². The van der Waals surface area contributed by atoms with E-state index in [2.05, 4.69) is 39.8 Å². The molecule has 0 aliphatic carbocycles. The Kier molecular flexibility index (Phi) is 10.8. The minimum atomic E-state index is -4.04. The molecule has 0 aliphatic heterocycles. The molecule has 0 fully saturated rings. The van der Waals surface area contributed by atoms with Crippen LogP contribution >= 0.6 is 15.9 Å². The fourth-order valence-corrected chi connectivity index (χ4v) is 3.93. The molecule has 3 N–H and O–H groups in total. The molecule has 29 heavy (non-hydrogen) atoms. The molecule has 164 valence electrons. The molecule has 0 bridgehead atoms. The molecule has 2 unspecified atom stereocenters. The van der Waals surface area contributed by atoms with Crippen LogP contribution in [0.25, 0.3) is 0 Å². The molecule has 1 rings (SSSR count). The minimum absolute atomic E-state index is 0.0653. The van der Waals surface area contributed by atoms with Crippen LogP contribution in [0.15, 0.2) is 33.6 Å². The van der Waals surface area contributed by atoms with Crippen molar-refractivity contribution >= 4 is 37.8 Å². The Morgan fingerprint density at radius 2 is 1.76 bits per heavy atom. The van der Waals surface area contributed by atoms with Crippen LogP contribution in [0.2, 0.25) is 0 Å². The molecule has 1 amide bonds. The summed E-state index contributed by atoms with van der Waals surface area (Å²) in [5, 5.41) is 12.1. The molecule has 8 nitrogen and oxygen atoms in total. The van der Waals surface area contributed by atoms with Crippen molar-refractivity contribution in [3.05, 3.63) is 28.7 Å². The first-order valence-corrected chi connectivity index (χ1v) is 11.7. The van der Waals surface area contributed by atoms with Crippen LogP contribution in [0.5, 0.6) is 0 Å². The Morgan fingerprint density at radius 1 is 1.14 bits per heavy atom. The zero-order chi connectivity index (χ0) is 22.0. The van der Waals surface area contributed by atoms with Crippen LogP contribution in [0.4, 0.5) is 0 Å². The lowest BCUT2D eigenvalue weighted by molar-refractivity contribution is -0.151. The van der Waals surface area contributed by atoms with Gasteiger partial charge in [-0.2, -0.15) is 4.72 Å². The maximum Gasteiger partial charge on any atom is 0.327 e. The van der Waals surface area contributed by atoms with Crippen molar-refractivity contribution in [2.24, 2.45) is 5.92 Å². The number of hydrogen-bond donors (Lipinski definition) is 3. The van der Waals surface area contributed by atoms with Crippen molar-refractivity contribution in [1.29, 1.82) is 0 Å². The van der Waals surface area contributed by atoms with E-state index in [0.717, 1.165) is 19.3 Å². The normalized spacial score (nSPS) is 13.7. The lowest BCUT2D eigenvalue weighted by Crippen LogP contribution is -2.45. The predicted octanol–water partition coefficient (Wildman–Crippen LogP) is 1.96. The Morgan fingerprint density at radius 3 is 2.31 bits per heavy atom. The molecule has 0 spiro atoms. The standard InChI is InChI=1S/C19H29BrN2O6S/c1-13(2)5-4-6-14(3)21-18(24)12-28-19(25)17(11-23)22-29(26,27)16-9-7-15(20)8-10-16/h7-10,13-14,17,22-23H,4-6,11-12H2,1-3H3,(H,21,24). The van der Waals surface area contributed by atoms with Gasteiger partial charge in [0.05, 0.1) is 11.5 Å². The number of benzene rings is 1. The van der Waals surface area contributed by atoms with Gasteiger partial charge in [-0.05, 0) is 43.5 Å². The summed E-state index contributed by atoms with van der Waals surface area (Å²) in [6, 6.07) is 4.19. The number of halogens is 1. The molecule has 1 aromatic carbocycles. The number of ether oxygens (including phenoxy) is 1. The number of sulfonamides is 1. The van der Waals surface area contributed by atoms with E-state index >= 15 is 0 Å². The van der Waals surface area contributed by atoms with Crippen molar-refractivity contribution in [1.82, 2.24) is 10.0 Å². The number of hydrogen-bond acceptors (Lipinski definition) is 6. The number of nitrogens with one attached hydrogen (secondary N) is 2. The van der Waals surface area contributed by atoms with Gasteiger partial charge in [0.1, 0.15) is 6.04 Å². The van der Waals surface area contributed by atoms with Gasteiger partial charge in [0, 0.05) is 10.5 Å². The van der Waals surface area contributed by atoms with Crippen LogP contribution in [-0.2, 0) is 24.3 Å². The number of carbonyl (C=O) groups is 2. The molecule has 10 heteroatoms. The summed E-state index contributed by atoms with van der Waals surface area (Å²) in [4.78, 5) is 23.9. The Bertz CT molecular complexity index is 767. The maximum absolute atomic E-state index is 12.3. The number of amides is 1. The van der Waals surface area contributed by atoms with E-state index in [1.54, 1.807) is 0 Å². The fourth-order valence-electron chi connectivity index (χ4n) is 2.49. The number of aliphatic hydroxyl groups excluding tert-OH is 1. The van der Waals surface area contributed by atoms with Gasteiger partial charge in [0.15, 0.2) is 6.61 Å². The van der Waals surface area contributed by atoms with Crippen molar-refractivity contribution in [2.75, 3.05) is 13.2 Å². The number of carbonyl (C=O) groups excluding carboxylic acids is 2. The van der Waals surface area contributed by atoms with E-state index in [9.17, 15) is 23.1 Å². The lowest BCUT2D eigenvalue weighted by Gasteiger charge is -2.17. The fraction of sp³-hybridized carbons (Fsp3) is 0.579. The second-order valence-corrected chi connectivity index (χ2v) is 9.84. The van der Waals surface area contributed by atoms with E-state index in [4.69, 9.17) is 4.74 Å². The topological polar surface area (TPSA) is 122 Å². The number of esters is 1. The average molecular weight is 493 g/mol. The molecule has 0 aliphatic rings. The predicted molar refractivity (Wildman–Crippen MR) is 113 cm³/mol. The summed E-state index contributed by atoms with van der Waals surface area (Å²) in [7, 11) is -4.04. The molecule has 0 saturated carbocycles. The third kappa shape index (κ3) is 9.70. The van der Waals surface area contributed by atoms with E-state index < -0.39 is 41.2 Å². The summed E-state index contributed by atoms with van der Waals surface area (Å²) < 4.78 is 32.3. The minimum Gasteiger partial charge on any atom is -0.454 e. The summed E-state index contributed by atoms with van der Waals surface area (Å²) in [5.41, 5.74) is 0. The highest BCUT2D eigenvalue weighted by atomic mass is 79.9. The molecule has 1 aromatic rings. The smallest absolute Gasteiger partial charge is 0.327 e.